The zero-order valence-electron chi connectivity index (χ0n) is 11.5. The summed E-state index contributed by atoms with van der Waals surface area (Å²) in [6.07, 6.45) is 2.55. The zero-order valence-corrected chi connectivity index (χ0v) is 11.5. The average molecular weight is 262 g/mol. The Labute approximate surface area is 114 Å². The van der Waals surface area contributed by atoms with E-state index in [1.807, 2.05) is 6.07 Å². The number of rotatable bonds is 3. The zero-order chi connectivity index (χ0) is 13.1. The summed E-state index contributed by atoms with van der Waals surface area (Å²) in [6.45, 7) is 4.71. The van der Waals surface area contributed by atoms with Crippen molar-refractivity contribution in [3.63, 3.8) is 0 Å². The minimum atomic E-state index is 0.647. The van der Waals surface area contributed by atoms with Gasteiger partial charge in [0.2, 0.25) is 0 Å². The van der Waals surface area contributed by atoms with Gasteiger partial charge in [-0.2, -0.15) is 0 Å². The van der Waals surface area contributed by atoms with Gasteiger partial charge in [0.1, 0.15) is 13.2 Å². The third kappa shape index (κ3) is 2.95. The number of fused-ring (bicyclic) bond motifs is 1. The maximum absolute atomic E-state index is 5.64. The molecule has 0 unspecified atom stereocenters. The Hall–Kier alpha value is -1.42. The number of anilines is 1. The van der Waals surface area contributed by atoms with E-state index >= 15 is 0 Å². The number of hydrogen-bond acceptors (Lipinski definition) is 4. The lowest BCUT2D eigenvalue weighted by molar-refractivity contribution is 0.171. The lowest BCUT2D eigenvalue weighted by Gasteiger charge is -2.29. The second-order valence-corrected chi connectivity index (χ2v) is 5.40. The summed E-state index contributed by atoms with van der Waals surface area (Å²) in [6, 6.07) is 6.23. The molecule has 1 saturated heterocycles. The van der Waals surface area contributed by atoms with Crippen LogP contribution in [0.2, 0.25) is 0 Å². The lowest BCUT2D eigenvalue weighted by Crippen LogP contribution is -2.34. The van der Waals surface area contributed by atoms with E-state index in [4.69, 9.17) is 9.47 Å². The fraction of sp³-hybridized carbons (Fsp3) is 0.600. The molecule has 1 fully saturated rings. The maximum atomic E-state index is 5.64. The Morgan fingerprint density at radius 1 is 1.16 bits per heavy atom. The molecule has 0 bridgehead atoms. The van der Waals surface area contributed by atoms with E-state index < -0.39 is 0 Å². The van der Waals surface area contributed by atoms with Crippen molar-refractivity contribution in [1.29, 1.82) is 0 Å². The smallest absolute Gasteiger partial charge is 0.163 e. The van der Waals surface area contributed by atoms with Crippen molar-refractivity contribution in [2.45, 2.75) is 12.8 Å². The third-order valence-electron chi connectivity index (χ3n) is 3.96. The summed E-state index contributed by atoms with van der Waals surface area (Å²) >= 11 is 0. The summed E-state index contributed by atoms with van der Waals surface area (Å²) in [4.78, 5) is 2.33. The molecule has 19 heavy (non-hydrogen) atoms. The van der Waals surface area contributed by atoms with Gasteiger partial charge in [-0.25, -0.2) is 0 Å². The summed E-state index contributed by atoms with van der Waals surface area (Å²) < 4.78 is 11.2. The standard InChI is InChI=1S/C15H22N2O2/c1-17(11-12-4-6-16-7-5-12)13-2-3-14-15(10-13)19-9-8-18-14/h2-3,10,12,16H,4-9,11H2,1H3. The molecule has 1 aromatic carbocycles. The van der Waals surface area contributed by atoms with Crippen LogP contribution in [0.5, 0.6) is 11.5 Å². The molecule has 0 radical (unpaired) electrons. The number of piperidine rings is 1. The van der Waals surface area contributed by atoms with Crippen molar-refractivity contribution >= 4 is 5.69 Å². The number of nitrogens with one attached hydrogen (secondary N) is 1. The van der Waals surface area contributed by atoms with E-state index in [0.29, 0.717) is 13.2 Å². The molecular weight excluding hydrogens is 240 g/mol. The highest BCUT2D eigenvalue weighted by molar-refractivity contribution is 5.56. The summed E-state index contributed by atoms with van der Waals surface area (Å²) in [5.41, 5.74) is 1.21. The van der Waals surface area contributed by atoms with Gasteiger partial charge in [0.05, 0.1) is 0 Å². The first kappa shape index (κ1) is 12.6. The molecular formula is C15H22N2O2. The van der Waals surface area contributed by atoms with Gasteiger partial charge in [-0.05, 0) is 44.0 Å². The van der Waals surface area contributed by atoms with Crippen LogP contribution in [0.3, 0.4) is 0 Å². The van der Waals surface area contributed by atoms with E-state index in [-0.39, 0.29) is 0 Å². The highest BCUT2D eigenvalue weighted by Crippen LogP contribution is 2.34. The van der Waals surface area contributed by atoms with Crippen LogP contribution in [-0.2, 0) is 0 Å². The summed E-state index contributed by atoms with van der Waals surface area (Å²) in [5.74, 6) is 2.53. The van der Waals surface area contributed by atoms with Gasteiger partial charge in [-0.1, -0.05) is 0 Å². The number of hydrogen-bond donors (Lipinski definition) is 1. The molecule has 104 valence electrons. The van der Waals surface area contributed by atoms with Gasteiger partial charge in [0.25, 0.3) is 0 Å². The highest BCUT2D eigenvalue weighted by atomic mass is 16.6. The first-order valence-electron chi connectivity index (χ1n) is 7.14. The van der Waals surface area contributed by atoms with Crippen LogP contribution in [0.4, 0.5) is 5.69 Å². The minimum Gasteiger partial charge on any atom is -0.486 e. The first-order valence-corrected chi connectivity index (χ1v) is 7.14. The topological polar surface area (TPSA) is 33.7 Å². The minimum absolute atomic E-state index is 0.647. The van der Waals surface area contributed by atoms with E-state index in [2.05, 4.69) is 29.4 Å². The van der Waals surface area contributed by atoms with Crippen LogP contribution < -0.4 is 19.7 Å². The SMILES string of the molecule is CN(CC1CCNCC1)c1ccc2c(c1)OCCO2. The average Bonchev–Trinajstić information content (AvgIpc) is 2.48. The number of ether oxygens (including phenoxy) is 2. The van der Waals surface area contributed by atoms with Crippen LogP contribution >= 0.6 is 0 Å². The molecule has 0 spiro atoms. The Morgan fingerprint density at radius 2 is 1.89 bits per heavy atom. The summed E-state index contributed by atoms with van der Waals surface area (Å²) in [7, 11) is 2.16. The number of benzene rings is 1. The quantitative estimate of drug-likeness (QED) is 0.902. The van der Waals surface area contributed by atoms with E-state index in [9.17, 15) is 0 Å². The Balaban J connectivity index is 1.67. The largest absolute Gasteiger partial charge is 0.486 e. The first-order chi connectivity index (χ1) is 9.33. The molecule has 1 aromatic rings. The van der Waals surface area contributed by atoms with Crippen molar-refractivity contribution < 1.29 is 9.47 Å². The van der Waals surface area contributed by atoms with Gasteiger partial charge in [0, 0.05) is 25.3 Å². The van der Waals surface area contributed by atoms with Crippen LogP contribution in [0.1, 0.15) is 12.8 Å². The van der Waals surface area contributed by atoms with Gasteiger partial charge in [-0.15, -0.1) is 0 Å². The predicted octanol–water partition coefficient (Wildman–Crippen LogP) is 1.89. The monoisotopic (exact) mass is 262 g/mol. The van der Waals surface area contributed by atoms with Crippen LogP contribution in [0.15, 0.2) is 18.2 Å². The third-order valence-corrected chi connectivity index (χ3v) is 3.96. The van der Waals surface area contributed by atoms with Crippen LogP contribution in [0.25, 0.3) is 0 Å². The van der Waals surface area contributed by atoms with Gasteiger partial charge < -0.3 is 19.7 Å². The maximum Gasteiger partial charge on any atom is 0.163 e. The molecule has 0 amide bonds. The van der Waals surface area contributed by atoms with Gasteiger partial charge >= 0.3 is 0 Å². The number of nitrogens with zero attached hydrogens (tertiary/aromatic N) is 1. The van der Waals surface area contributed by atoms with Crippen LogP contribution in [0, 0.1) is 5.92 Å². The molecule has 2 aliphatic heterocycles. The molecule has 4 heteroatoms. The molecule has 0 atom stereocenters. The fourth-order valence-electron chi connectivity index (χ4n) is 2.83. The van der Waals surface area contributed by atoms with Crippen molar-refractivity contribution in [3.05, 3.63) is 18.2 Å². The van der Waals surface area contributed by atoms with Crippen molar-refractivity contribution in [3.8, 4) is 11.5 Å². The lowest BCUT2D eigenvalue weighted by atomic mass is 9.97. The Kier molecular flexibility index (Phi) is 3.78. The predicted molar refractivity (Wildman–Crippen MR) is 76.3 cm³/mol. The van der Waals surface area contributed by atoms with Crippen molar-refractivity contribution in [2.24, 2.45) is 5.92 Å². The van der Waals surface area contributed by atoms with E-state index in [1.165, 1.54) is 18.5 Å². The molecule has 1 N–H and O–H groups in total. The van der Waals surface area contributed by atoms with E-state index in [0.717, 1.165) is 37.1 Å². The summed E-state index contributed by atoms with van der Waals surface area (Å²) in [5, 5.41) is 3.41. The second kappa shape index (κ2) is 5.70. The molecule has 3 rings (SSSR count). The van der Waals surface area contributed by atoms with Gasteiger partial charge in [0.15, 0.2) is 11.5 Å². The molecule has 2 aliphatic rings. The van der Waals surface area contributed by atoms with Crippen LogP contribution in [-0.4, -0.2) is 39.9 Å². The van der Waals surface area contributed by atoms with Crippen molar-refractivity contribution in [2.75, 3.05) is 44.8 Å². The molecule has 0 aliphatic carbocycles. The Morgan fingerprint density at radius 3 is 2.68 bits per heavy atom. The van der Waals surface area contributed by atoms with E-state index in [1.54, 1.807) is 0 Å². The van der Waals surface area contributed by atoms with Crippen molar-refractivity contribution in [1.82, 2.24) is 5.32 Å². The second-order valence-electron chi connectivity index (χ2n) is 5.40. The highest BCUT2D eigenvalue weighted by Gasteiger charge is 2.17. The molecule has 4 nitrogen and oxygen atoms in total. The normalized spacial score (nSPS) is 19.2. The molecule has 2 heterocycles. The van der Waals surface area contributed by atoms with Gasteiger partial charge in [-0.3, -0.25) is 0 Å². The Bertz CT molecular complexity index is 430. The fourth-order valence-corrected chi connectivity index (χ4v) is 2.83. The molecule has 0 aromatic heterocycles. The molecule has 0 saturated carbocycles.